The third-order valence-electron chi connectivity index (χ3n) is 2.53. The fourth-order valence-electron chi connectivity index (χ4n) is 1.58. The lowest BCUT2D eigenvalue weighted by Crippen LogP contribution is -2.24. The molecule has 20 heavy (non-hydrogen) atoms. The van der Waals surface area contributed by atoms with Crippen LogP contribution < -0.4 is 15.9 Å². The van der Waals surface area contributed by atoms with Crippen molar-refractivity contribution in [1.82, 2.24) is 10.3 Å². The molecule has 0 aliphatic rings. The zero-order chi connectivity index (χ0) is 14.7. The van der Waals surface area contributed by atoms with Gasteiger partial charge in [0.05, 0.1) is 17.0 Å². The summed E-state index contributed by atoms with van der Waals surface area (Å²) in [6.45, 7) is 0.111. The molecular formula is C11H10N4O4S. The summed E-state index contributed by atoms with van der Waals surface area (Å²) < 4.78 is 0. The van der Waals surface area contributed by atoms with E-state index >= 15 is 0 Å². The number of nitro benzene ring substituents is 1. The summed E-state index contributed by atoms with van der Waals surface area (Å²) in [4.78, 5) is 35.3. The van der Waals surface area contributed by atoms with Gasteiger partial charge in [0.1, 0.15) is 5.69 Å². The molecule has 0 unspecified atom stereocenters. The highest BCUT2D eigenvalue weighted by molar-refractivity contribution is 7.07. The van der Waals surface area contributed by atoms with Crippen LogP contribution in [0.2, 0.25) is 0 Å². The van der Waals surface area contributed by atoms with Gasteiger partial charge in [-0.05, 0) is 6.07 Å². The van der Waals surface area contributed by atoms with Gasteiger partial charge in [0, 0.05) is 17.1 Å². The Morgan fingerprint density at radius 3 is 2.85 bits per heavy atom. The van der Waals surface area contributed by atoms with Gasteiger partial charge in [-0.3, -0.25) is 19.7 Å². The summed E-state index contributed by atoms with van der Waals surface area (Å²) in [5.74, 6) is -0.543. The third kappa shape index (κ3) is 2.83. The predicted octanol–water partition coefficient (Wildman–Crippen LogP) is 0.857. The van der Waals surface area contributed by atoms with Crippen molar-refractivity contribution >= 4 is 28.6 Å². The van der Waals surface area contributed by atoms with E-state index in [4.69, 9.17) is 5.73 Å². The number of nitrogens with two attached hydrogens (primary N) is 1. The van der Waals surface area contributed by atoms with Crippen molar-refractivity contribution in [1.29, 1.82) is 0 Å². The SMILES string of the molecule is Nc1c(C(=O)NCc2csc(=O)[nH]2)cccc1[N+](=O)[O-]. The molecule has 0 aliphatic carbocycles. The number of nitro groups is 1. The number of para-hydroxylation sites is 1. The molecule has 8 nitrogen and oxygen atoms in total. The van der Waals surface area contributed by atoms with Gasteiger partial charge in [0.2, 0.25) is 0 Å². The quantitative estimate of drug-likeness (QED) is 0.437. The Kier molecular flexibility index (Phi) is 3.80. The number of nitrogens with zero attached hydrogens (tertiary/aromatic N) is 1. The smallest absolute Gasteiger partial charge is 0.304 e. The van der Waals surface area contributed by atoms with E-state index in [2.05, 4.69) is 10.3 Å². The lowest BCUT2D eigenvalue weighted by Gasteiger charge is -2.06. The maximum absolute atomic E-state index is 11.9. The van der Waals surface area contributed by atoms with Crippen molar-refractivity contribution in [3.63, 3.8) is 0 Å². The molecule has 2 aromatic rings. The van der Waals surface area contributed by atoms with Crippen molar-refractivity contribution in [3.05, 3.63) is 54.6 Å². The maximum atomic E-state index is 11.9. The number of nitrogen functional groups attached to an aromatic ring is 1. The van der Waals surface area contributed by atoms with Gasteiger partial charge in [0.25, 0.3) is 11.6 Å². The van der Waals surface area contributed by atoms with E-state index in [9.17, 15) is 19.7 Å². The lowest BCUT2D eigenvalue weighted by atomic mass is 10.1. The second-order valence-corrected chi connectivity index (χ2v) is 4.69. The molecule has 0 saturated heterocycles. The fourth-order valence-corrected chi connectivity index (χ4v) is 2.16. The zero-order valence-corrected chi connectivity index (χ0v) is 10.9. The van der Waals surface area contributed by atoms with Crippen LogP contribution in [0.4, 0.5) is 11.4 Å². The number of rotatable bonds is 4. The molecule has 0 radical (unpaired) electrons. The van der Waals surface area contributed by atoms with Crippen molar-refractivity contribution < 1.29 is 9.72 Å². The first-order chi connectivity index (χ1) is 9.49. The Morgan fingerprint density at radius 2 is 2.25 bits per heavy atom. The number of aromatic nitrogens is 1. The predicted molar refractivity (Wildman–Crippen MR) is 73.6 cm³/mol. The van der Waals surface area contributed by atoms with Crippen LogP contribution in [0.15, 0.2) is 28.4 Å². The van der Waals surface area contributed by atoms with E-state index in [1.807, 2.05) is 0 Å². The molecule has 1 aromatic carbocycles. The number of hydrogen-bond acceptors (Lipinski definition) is 6. The largest absolute Gasteiger partial charge is 0.393 e. The maximum Gasteiger partial charge on any atom is 0.304 e. The number of aromatic amines is 1. The van der Waals surface area contributed by atoms with Crippen LogP contribution in [0.25, 0.3) is 0 Å². The zero-order valence-electron chi connectivity index (χ0n) is 10.1. The molecule has 0 atom stereocenters. The van der Waals surface area contributed by atoms with Crippen LogP contribution >= 0.6 is 11.3 Å². The fraction of sp³-hybridized carbons (Fsp3) is 0.0909. The van der Waals surface area contributed by atoms with Gasteiger partial charge >= 0.3 is 4.87 Å². The number of nitrogens with one attached hydrogen (secondary N) is 2. The van der Waals surface area contributed by atoms with Crippen molar-refractivity contribution in [3.8, 4) is 0 Å². The minimum absolute atomic E-state index is 0.0248. The number of carbonyl (C=O) groups excluding carboxylic acids is 1. The second-order valence-electron chi connectivity index (χ2n) is 3.85. The first-order valence-electron chi connectivity index (χ1n) is 5.47. The molecule has 0 saturated carbocycles. The van der Waals surface area contributed by atoms with Gasteiger partial charge < -0.3 is 16.0 Å². The molecule has 1 amide bonds. The lowest BCUT2D eigenvalue weighted by molar-refractivity contribution is -0.383. The third-order valence-corrected chi connectivity index (χ3v) is 3.25. The van der Waals surface area contributed by atoms with Crippen molar-refractivity contribution in [2.24, 2.45) is 0 Å². The van der Waals surface area contributed by atoms with Crippen LogP contribution in [0, 0.1) is 10.1 Å². The molecular weight excluding hydrogens is 284 g/mol. The number of benzene rings is 1. The van der Waals surface area contributed by atoms with Gasteiger partial charge in [0.15, 0.2) is 0 Å². The monoisotopic (exact) mass is 294 g/mol. The highest BCUT2D eigenvalue weighted by Gasteiger charge is 2.18. The Balaban J connectivity index is 2.15. The molecule has 0 bridgehead atoms. The topological polar surface area (TPSA) is 131 Å². The molecule has 0 spiro atoms. The summed E-state index contributed by atoms with van der Waals surface area (Å²) in [6.07, 6.45) is 0. The average Bonchev–Trinajstić information content (AvgIpc) is 2.81. The van der Waals surface area contributed by atoms with E-state index in [1.165, 1.54) is 18.2 Å². The van der Waals surface area contributed by atoms with E-state index in [-0.39, 0.29) is 28.4 Å². The van der Waals surface area contributed by atoms with Gasteiger partial charge in [-0.25, -0.2) is 0 Å². The number of anilines is 1. The number of H-pyrrole nitrogens is 1. The molecule has 0 aliphatic heterocycles. The molecule has 1 heterocycles. The minimum Gasteiger partial charge on any atom is -0.393 e. The Morgan fingerprint density at radius 1 is 1.50 bits per heavy atom. The number of thiazole rings is 1. The normalized spacial score (nSPS) is 10.2. The summed E-state index contributed by atoms with van der Waals surface area (Å²) in [7, 11) is 0. The van der Waals surface area contributed by atoms with Gasteiger partial charge in [-0.15, -0.1) is 0 Å². The molecule has 104 valence electrons. The van der Waals surface area contributed by atoms with E-state index in [1.54, 1.807) is 5.38 Å². The van der Waals surface area contributed by atoms with Crippen molar-refractivity contribution in [2.75, 3.05) is 5.73 Å². The molecule has 9 heteroatoms. The Hall–Kier alpha value is -2.68. The number of carbonyl (C=O) groups is 1. The van der Waals surface area contributed by atoms with Crippen LogP contribution in [-0.2, 0) is 6.54 Å². The van der Waals surface area contributed by atoms with Crippen LogP contribution in [-0.4, -0.2) is 15.8 Å². The molecule has 2 rings (SSSR count). The molecule has 1 aromatic heterocycles. The number of hydrogen-bond donors (Lipinski definition) is 3. The van der Waals surface area contributed by atoms with Crippen LogP contribution in [0.1, 0.15) is 16.1 Å². The highest BCUT2D eigenvalue weighted by atomic mass is 32.1. The Bertz CT molecular complexity index is 721. The molecule has 4 N–H and O–H groups in total. The van der Waals surface area contributed by atoms with Gasteiger partial charge in [-0.2, -0.15) is 0 Å². The summed E-state index contributed by atoms with van der Waals surface area (Å²) >= 11 is 0.985. The highest BCUT2D eigenvalue weighted by Crippen LogP contribution is 2.24. The van der Waals surface area contributed by atoms with E-state index in [0.717, 1.165) is 11.3 Å². The summed E-state index contributed by atoms with van der Waals surface area (Å²) in [6, 6.07) is 4.01. The first-order valence-corrected chi connectivity index (χ1v) is 6.34. The van der Waals surface area contributed by atoms with Gasteiger partial charge in [-0.1, -0.05) is 17.4 Å². The van der Waals surface area contributed by atoms with E-state index in [0.29, 0.717) is 5.69 Å². The van der Waals surface area contributed by atoms with Crippen LogP contribution in [0.3, 0.4) is 0 Å². The van der Waals surface area contributed by atoms with Crippen molar-refractivity contribution in [2.45, 2.75) is 6.54 Å². The average molecular weight is 294 g/mol. The molecule has 0 fully saturated rings. The number of amides is 1. The second kappa shape index (κ2) is 5.53. The minimum atomic E-state index is -0.650. The van der Waals surface area contributed by atoms with Crippen LogP contribution in [0.5, 0.6) is 0 Å². The van der Waals surface area contributed by atoms with E-state index < -0.39 is 10.8 Å². The summed E-state index contributed by atoms with van der Waals surface area (Å²) in [5, 5.41) is 14.8. The summed E-state index contributed by atoms with van der Waals surface area (Å²) in [5.41, 5.74) is 5.67. The Labute approximate surface area is 116 Å². The standard InChI is InChI=1S/C11H10N4O4S/c12-9-7(2-1-3-8(9)15(18)19)10(16)13-4-6-5-20-11(17)14-6/h1-3,5H,4,12H2,(H,13,16)(H,14,17). The first kappa shape index (κ1) is 13.7.